The number of hydrogen-bond acceptors (Lipinski definition) is 19. The SMILES string of the molecule is CC(=O)O[C@H]1C(=O)[C@@]2(C)[C@H]([C@H](OC(=O)c3ccccc3)[C@]3(O)CC(OC(=O)[C@H](OC(=O)OCCSSCCO)C(NC(=O)c4ccccc4)c4ccccc4)C(C)=C1C3(C)C)C1(OC(C)=O)CO[C@@H]1C[C@@H]2O. The summed E-state index contributed by atoms with van der Waals surface area (Å²) < 4.78 is 41.9. The lowest BCUT2D eigenvalue weighted by atomic mass is 9.44. The van der Waals surface area contributed by atoms with Crippen LogP contribution in [0.15, 0.2) is 102 Å². The predicted octanol–water partition coefficient (Wildman–Crippen LogP) is 5.27. The highest BCUT2D eigenvalue weighted by atomic mass is 33.1. The van der Waals surface area contributed by atoms with Crippen LogP contribution in [0.5, 0.6) is 0 Å². The maximum atomic E-state index is 15.7. The van der Waals surface area contributed by atoms with Gasteiger partial charge in [0.15, 0.2) is 17.5 Å². The molecular weight excluding hydrogens is 975 g/mol. The fourth-order valence-corrected chi connectivity index (χ4v) is 12.3. The second-order valence-corrected chi connectivity index (χ2v) is 21.6. The molecule has 0 radical (unpaired) electrons. The average molecular weight is 1030 g/mol. The number of Topliss-reactive ketones (excluding diaryl/α,β-unsaturated/α-hetero) is 1. The van der Waals surface area contributed by atoms with Gasteiger partial charge in [-0.2, -0.15) is 0 Å². The van der Waals surface area contributed by atoms with E-state index in [4.69, 9.17) is 38.3 Å². The van der Waals surface area contributed by atoms with Gasteiger partial charge in [-0.15, -0.1) is 0 Å². The van der Waals surface area contributed by atoms with Crippen LogP contribution in [0.1, 0.15) is 86.7 Å². The number of ether oxygens (including phenoxy) is 7. The molecule has 1 saturated heterocycles. The number of ketones is 1. The Labute approximate surface area is 424 Å². The van der Waals surface area contributed by atoms with Crippen LogP contribution in [-0.4, -0.2) is 136 Å². The van der Waals surface area contributed by atoms with Gasteiger partial charge in [0.1, 0.15) is 36.6 Å². The zero-order valence-electron chi connectivity index (χ0n) is 40.6. The van der Waals surface area contributed by atoms with E-state index in [-0.39, 0.29) is 54.3 Å². The van der Waals surface area contributed by atoms with Gasteiger partial charge in [-0.3, -0.25) is 19.2 Å². The number of fused-ring (bicyclic) bond motifs is 5. The summed E-state index contributed by atoms with van der Waals surface area (Å²) in [6.07, 6.45) is -12.2. The first kappa shape index (κ1) is 54.0. The molecule has 2 bridgehead atoms. The van der Waals surface area contributed by atoms with Crippen LogP contribution < -0.4 is 5.32 Å². The van der Waals surface area contributed by atoms with Crippen LogP contribution in [0.2, 0.25) is 0 Å². The Morgan fingerprint density at radius 1 is 0.833 bits per heavy atom. The highest BCUT2D eigenvalue weighted by Crippen LogP contribution is 2.64. The Hall–Kier alpha value is -5.77. The van der Waals surface area contributed by atoms with Crippen LogP contribution in [0, 0.1) is 16.7 Å². The number of carbonyl (C=O) groups is 7. The Morgan fingerprint density at radius 3 is 2.03 bits per heavy atom. The summed E-state index contributed by atoms with van der Waals surface area (Å²) in [7, 11) is 2.67. The predicted molar refractivity (Wildman–Crippen MR) is 260 cm³/mol. The van der Waals surface area contributed by atoms with Crippen molar-refractivity contribution in [1.29, 1.82) is 0 Å². The largest absolute Gasteiger partial charge is 0.509 e. The molecule has 18 nitrogen and oxygen atoms in total. The Balaban J connectivity index is 1.39. The third kappa shape index (κ3) is 10.4. The van der Waals surface area contributed by atoms with E-state index in [9.17, 15) is 34.2 Å². The first-order valence-electron chi connectivity index (χ1n) is 23.4. The van der Waals surface area contributed by atoms with E-state index in [1.807, 2.05) is 0 Å². The van der Waals surface area contributed by atoms with E-state index >= 15 is 9.59 Å². The minimum absolute atomic E-state index is 0.0377. The molecule has 0 spiro atoms. The number of benzene rings is 3. The van der Waals surface area contributed by atoms with Gasteiger partial charge in [0.05, 0.1) is 36.2 Å². The molecule has 0 aromatic heterocycles. The summed E-state index contributed by atoms with van der Waals surface area (Å²) >= 11 is 0. The molecule has 4 N–H and O–H groups in total. The van der Waals surface area contributed by atoms with Crippen LogP contribution in [-0.2, 0) is 52.3 Å². The van der Waals surface area contributed by atoms with E-state index in [2.05, 4.69) is 5.32 Å². The summed E-state index contributed by atoms with van der Waals surface area (Å²) in [6, 6.07) is 22.5. The monoisotopic (exact) mass is 1030 g/mol. The summed E-state index contributed by atoms with van der Waals surface area (Å²) in [6.45, 7) is 7.60. The number of nitrogens with one attached hydrogen (secondary N) is 1. The van der Waals surface area contributed by atoms with Gasteiger partial charge in [0.2, 0.25) is 6.10 Å². The highest BCUT2D eigenvalue weighted by Gasteiger charge is 2.78. The lowest BCUT2D eigenvalue weighted by Gasteiger charge is -2.67. The lowest BCUT2D eigenvalue weighted by Crippen LogP contribution is -2.82. The molecule has 3 aromatic rings. The summed E-state index contributed by atoms with van der Waals surface area (Å²) in [5.74, 6) is -6.42. The summed E-state index contributed by atoms with van der Waals surface area (Å²) in [4.78, 5) is 99.2. The molecule has 2 saturated carbocycles. The minimum Gasteiger partial charge on any atom is -0.455 e. The van der Waals surface area contributed by atoms with Gasteiger partial charge in [-0.25, -0.2) is 14.4 Å². The van der Waals surface area contributed by atoms with Gasteiger partial charge < -0.3 is 53.8 Å². The minimum atomic E-state index is -2.48. The van der Waals surface area contributed by atoms with E-state index in [1.165, 1.54) is 59.7 Å². The molecule has 11 atom stereocenters. The van der Waals surface area contributed by atoms with Crippen molar-refractivity contribution in [1.82, 2.24) is 5.32 Å². The van der Waals surface area contributed by atoms with Crippen molar-refractivity contribution in [2.45, 2.75) is 108 Å². The van der Waals surface area contributed by atoms with Gasteiger partial charge in [-0.05, 0) is 54.8 Å². The Morgan fingerprint density at radius 2 is 1.44 bits per heavy atom. The second kappa shape index (κ2) is 22.1. The van der Waals surface area contributed by atoms with E-state index < -0.39 is 119 Å². The van der Waals surface area contributed by atoms with E-state index in [0.29, 0.717) is 11.3 Å². The van der Waals surface area contributed by atoms with Gasteiger partial charge in [0, 0.05) is 49.2 Å². The molecule has 3 fully saturated rings. The molecular formula is C52H59NO17S2. The quantitative estimate of drug-likeness (QED) is 0.0441. The van der Waals surface area contributed by atoms with Gasteiger partial charge in [0.25, 0.3) is 5.91 Å². The number of carbonyl (C=O) groups excluding carboxylic acids is 7. The molecule has 4 aliphatic rings. The van der Waals surface area contributed by atoms with Crippen molar-refractivity contribution >= 4 is 63.3 Å². The van der Waals surface area contributed by atoms with Crippen LogP contribution in [0.4, 0.5) is 4.79 Å². The smallest absolute Gasteiger partial charge is 0.455 e. The van der Waals surface area contributed by atoms with E-state index in [1.54, 1.807) is 80.6 Å². The molecule has 3 unspecified atom stereocenters. The summed E-state index contributed by atoms with van der Waals surface area (Å²) in [5, 5.41) is 38.1. The molecule has 3 aromatic carbocycles. The first-order valence-corrected chi connectivity index (χ1v) is 25.9. The number of esters is 4. The lowest BCUT2D eigenvalue weighted by molar-refractivity contribution is -0.346. The van der Waals surface area contributed by atoms with Gasteiger partial charge >= 0.3 is 30.0 Å². The van der Waals surface area contributed by atoms with Crippen LogP contribution in [0.25, 0.3) is 0 Å². The standard InChI is InChI=1S/C52H59NO17S2/c1-29-35(67-47(61)41(68-48(62)64-23-25-72-71-24-22-54)39(32-16-10-7-11-17-32)53-45(59)33-18-12-8-13-19-33)27-52(63)44(69-46(60)34-20-14-9-15-21-34)42-50(6,36(57)26-37-51(42,28-65-37)70-31(3)56)43(58)40(66-30(2)55)38(29)49(52,4)5/h7-21,35-37,39-42,44,54,57,63H,22-28H2,1-6H3,(H,53,59)/t35?,36-,37+,39?,40+,41+,42-,44-,50+,51?,52+/m0/s1. The van der Waals surface area contributed by atoms with Gasteiger partial charge in [-0.1, -0.05) is 102 Å². The van der Waals surface area contributed by atoms with Crippen molar-refractivity contribution in [3.63, 3.8) is 0 Å². The summed E-state index contributed by atoms with van der Waals surface area (Å²) in [5.41, 5.74) is -7.56. The van der Waals surface area contributed by atoms with Crippen molar-refractivity contribution in [3.8, 4) is 0 Å². The molecule has 1 heterocycles. The first-order chi connectivity index (χ1) is 34.2. The zero-order valence-corrected chi connectivity index (χ0v) is 42.2. The molecule has 20 heteroatoms. The maximum Gasteiger partial charge on any atom is 0.509 e. The average Bonchev–Trinajstić information content (AvgIpc) is 3.35. The van der Waals surface area contributed by atoms with E-state index in [0.717, 1.165) is 13.8 Å². The molecule has 3 aliphatic carbocycles. The third-order valence-corrected chi connectivity index (χ3v) is 16.7. The molecule has 7 rings (SSSR count). The third-order valence-electron chi connectivity index (χ3n) is 14.3. The number of rotatable bonds is 17. The number of aliphatic hydroxyl groups excluding tert-OH is 2. The van der Waals surface area contributed by atoms with Crippen LogP contribution in [0.3, 0.4) is 0 Å². The normalized spacial score (nSPS) is 28.9. The topological polar surface area (TPSA) is 257 Å². The maximum absolute atomic E-state index is 15.7. The molecule has 386 valence electrons. The van der Waals surface area contributed by atoms with Crippen molar-refractivity contribution in [3.05, 3.63) is 119 Å². The van der Waals surface area contributed by atoms with Crippen molar-refractivity contribution in [2.24, 2.45) is 16.7 Å². The number of aliphatic hydroxyl groups is 3. The highest BCUT2D eigenvalue weighted by molar-refractivity contribution is 8.76. The molecule has 1 amide bonds. The fraction of sp³-hybridized carbons (Fsp3) is 0.481. The van der Waals surface area contributed by atoms with Crippen molar-refractivity contribution < 1.29 is 82.0 Å². The van der Waals surface area contributed by atoms with Crippen molar-refractivity contribution in [2.75, 3.05) is 31.3 Å². The molecule has 72 heavy (non-hydrogen) atoms. The fourth-order valence-electron chi connectivity index (χ4n) is 10.7. The number of hydrogen-bond donors (Lipinski definition) is 4. The molecule has 1 aliphatic heterocycles. The van der Waals surface area contributed by atoms with Crippen LogP contribution >= 0.6 is 21.6 Å². The second-order valence-electron chi connectivity index (χ2n) is 18.9. The number of amides is 1. The Kier molecular flexibility index (Phi) is 16.6. The Bertz CT molecular complexity index is 2550. The zero-order chi connectivity index (χ0) is 52.2.